The highest BCUT2D eigenvalue weighted by atomic mass is 16.6. The molecule has 3 aromatic carbocycles. The van der Waals surface area contributed by atoms with Crippen molar-refractivity contribution in [3.8, 4) is 16.9 Å². The number of amides is 1. The fourth-order valence-electron chi connectivity index (χ4n) is 3.62. The van der Waals surface area contributed by atoms with E-state index in [0.717, 1.165) is 11.1 Å². The molecule has 0 saturated heterocycles. The van der Waals surface area contributed by atoms with Crippen LogP contribution in [0, 0.1) is 0 Å². The van der Waals surface area contributed by atoms with Gasteiger partial charge in [-0.15, -0.1) is 0 Å². The maximum absolute atomic E-state index is 12.4. The summed E-state index contributed by atoms with van der Waals surface area (Å²) in [5, 5.41) is 2.70. The molecule has 30 heavy (non-hydrogen) atoms. The Bertz CT molecular complexity index is 1030. The average Bonchev–Trinajstić information content (AvgIpc) is 3.10. The molecule has 0 aliphatic heterocycles. The number of benzene rings is 3. The second kappa shape index (κ2) is 8.69. The predicted octanol–water partition coefficient (Wildman–Crippen LogP) is 4.60. The molecule has 1 aliphatic carbocycles. The summed E-state index contributed by atoms with van der Waals surface area (Å²) in [6.07, 6.45) is -0.554. The molecule has 1 N–H and O–H groups in total. The molecule has 0 spiro atoms. The molecule has 0 saturated carbocycles. The number of ether oxygens (including phenoxy) is 3. The minimum Gasteiger partial charge on any atom is -0.482 e. The van der Waals surface area contributed by atoms with Crippen LogP contribution in [0.15, 0.2) is 72.8 Å². The smallest absolute Gasteiger partial charge is 0.411 e. The van der Waals surface area contributed by atoms with E-state index in [1.165, 1.54) is 18.2 Å². The van der Waals surface area contributed by atoms with E-state index in [4.69, 9.17) is 9.47 Å². The quantitative estimate of drug-likeness (QED) is 0.609. The molecule has 0 aromatic heterocycles. The maximum Gasteiger partial charge on any atom is 0.411 e. The van der Waals surface area contributed by atoms with Gasteiger partial charge in [0, 0.05) is 17.7 Å². The Morgan fingerprint density at radius 1 is 0.900 bits per heavy atom. The normalized spacial score (nSPS) is 11.9. The lowest BCUT2D eigenvalue weighted by Crippen LogP contribution is -2.18. The van der Waals surface area contributed by atoms with Gasteiger partial charge in [-0.05, 0) is 34.4 Å². The molecule has 0 radical (unpaired) electrons. The molecule has 4 rings (SSSR count). The van der Waals surface area contributed by atoms with Crippen molar-refractivity contribution in [2.45, 2.75) is 5.92 Å². The molecule has 152 valence electrons. The van der Waals surface area contributed by atoms with Gasteiger partial charge in [-0.2, -0.15) is 0 Å². The molecule has 0 fully saturated rings. The molecule has 6 heteroatoms. The second-order valence-corrected chi connectivity index (χ2v) is 6.84. The molecule has 0 atom stereocenters. The Morgan fingerprint density at radius 3 is 2.23 bits per heavy atom. The molecule has 0 heterocycles. The van der Waals surface area contributed by atoms with E-state index < -0.39 is 12.1 Å². The Hall–Kier alpha value is -3.80. The second-order valence-electron chi connectivity index (χ2n) is 6.84. The number of carbonyl (C=O) groups is 2. The van der Waals surface area contributed by atoms with Gasteiger partial charge < -0.3 is 14.2 Å². The van der Waals surface area contributed by atoms with Gasteiger partial charge in [0.15, 0.2) is 6.61 Å². The van der Waals surface area contributed by atoms with Gasteiger partial charge >= 0.3 is 12.1 Å². The fourth-order valence-corrected chi connectivity index (χ4v) is 3.62. The molecular formula is C24H21NO5. The molecule has 0 unspecified atom stereocenters. The summed E-state index contributed by atoms with van der Waals surface area (Å²) in [4.78, 5) is 23.6. The standard InChI is InChI=1S/C24H21NO5/c1-28-23(26)15-29-17-8-6-7-16(13-17)25-24(27)30-14-22-20-11-4-2-9-18(20)19-10-3-5-12-21(19)22/h2-13,22H,14-15H2,1H3,(H,25,27). The van der Waals surface area contributed by atoms with Crippen LogP contribution in [0.1, 0.15) is 17.0 Å². The Balaban J connectivity index is 1.39. The van der Waals surface area contributed by atoms with Crippen molar-refractivity contribution in [3.05, 3.63) is 83.9 Å². The van der Waals surface area contributed by atoms with E-state index in [-0.39, 0.29) is 19.1 Å². The van der Waals surface area contributed by atoms with Gasteiger partial charge in [0.05, 0.1) is 7.11 Å². The number of nitrogens with one attached hydrogen (secondary N) is 1. The summed E-state index contributed by atoms with van der Waals surface area (Å²) in [5.41, 5.74) is 5.18. The lowest BCUT2D eigenvalue weighted by molar-refractivity contribution is -0.142. The van der Waals surface area contributed by atoms with Gasteiger partial charge in [0.2, 0.25) is 0 Å². The summed E-state index contributed by atoms with van der Waals surface area (Å²) in [7, 11) is 1.29. The highest BCUT2D eigenvalue weighted by Gasteiger charge is 2.28. The van der Waals surface area contributed by atoms with Crippen LogP contribution in [0.3, 0.4) is 0 Å². The average molecular weight is 403 g/mol. The van der Waals surface area contributed by atoms with Crippen molar-refractivity contribution >= 4 is 17.7 Å². The van der Waals surface area contributed by atoms with E-state index in [9.17, 15) is 9.59 Å². The van der Waals surface area contributed by atoms with E-state index in [0.29, 0.717) is 11.4 Å². The minimum absolute atomic E-state index is 0.00197. The maximum atomic E-state index is 12.4. The van der Waals surface area contributed by atoms with Crippen LogP contribution in [-0.2, 0) is 14.3 Å². The number of carbonyl (C=O) groups excluding carboxylic acids is 2. The fraction of sp³-hybridized carbons (Fsp3) is 0.167. The molecule has 1 aliphatic rings. The first-order chi connectivity index (χ1) is 14.7. The third kappa shape index (κ3) is 4.12. The lowest BCUT2D eigenvalue weighted by atomic mass is 9.98. The molecule has 1 amide bonds. The highest BCUT2D eigenvalue weighted by Crippen LogP contribution is 2.44. The largest absolute Gasteiger partial charge is 0.482 e. The van der Waals surface area contributed by atoms with Crippen LogP contribution in [0.25, 0.3) is 11.1 Å². The summed E-state index contributed by atoms with van der Waals surface area (Å²) in [6, 6.07) is 23.1. The van der Waals surface area contributed by atoms with Crippen LogP contribution < -0.4 is 10.1 Å². The predicted molar refractivity (Wildman–Crippen MR) is 113 cm³/mol. The third-order valence-corrected chi connectivity index (χ3v) is 5.01. The van der Waals surface area contributed by atoms with Crippen LogP contribution >= 0.6 is 0 Å². The van der Waals surface area contributed by atoms with Crippen molar-refractivity contribution in [1.82, 2.24) is 0 Å². The van der Waals surface area contributed by atoms with Crippen molar-refractivity contribution in [2.75, 3.05) is 25.6 Å². The van der Waals surface area contributed by atoms with E-state index >= 15 is 0 Å². The zero-order valence-electron chi connectivity index (χ0n) is 16.5. The monoisotopic (exact) mass is 403 g/mol. The van der Waals surface area contributed by atoms with Crippen LogP contribution in [0.4, 0.5) is 10.5 Å². The number of methoxy groups -OCH3 is 1. The van der Waals surface area contributed by atoms with Crippen molar-refractivity contribution in [1.29, 1.82) is 0 Å². The summed E-state index contributed by atoms with van der Waals surface area (Å²) in [6.45, 7) is 0.0310. The topological polar surface area (TPSA) is 73.9 Å². The van der Waals surface area contributed by atoms with Gasteiger partial charge in [-0.25, -0.2) is 9.59 Å². The van der Waals surface area contributed by atoms with Crippen molar-refractivity contribution in [2.24, 2.45) is 0 Å². The summed E-state index contributed by atoms with van der Waals surface area (Å²) < 4.78 is 15.4. The van der Waals surface area contributed by atoms with E-state index in [1.807, 2.05) is 24.3 Å². The number of rotatable bonds is 6. The number of esters is 1. The van der Waals surface area contributed by atoms with Crippen LogP contribution in [0.2, 0.25) is 0 Å². The SMILES string of the molecule is COC(=O)COc1cccc(NC(=O)OCC2c3ccccc3-c3ccccc32)c1. The van der Waals surface area contributed by atoms with Gasteiger partial charge in [0.1, 0.15) is 12.4 Å². The van der Waals surface area contributed by atoms with Crippen LogP contribution in [0.5, 0.6) is 5.75 Å². The molecular weight excluding hydrogens is 382 g/mol. The van der Waals surface area contributed by atoms with Crippen LogP contribution in [-0.4, -0.2) is 32.4 Å². The van der Waals surface area contributed by atoms with Gasteiger partial charge in [-0.1, -0.05) is 54.6 Å². The Kier molecular flexibility index (Phi) is 5.66. The minimum atomic E-state index is -0.554. The zero-order valence-corrected chi connectivity index (χ0v) is 16.5. The first kappa shape index (κ1) is 19.5. The number of anilines is 1. The Labute approximate surface area is 174 Å². The van der Waals surface area contributed by atoms with Gasteiger partial charge in [-0.3, -0.25) is 5.32 Å². The summed E-state index contributed by atoms with van der Waals surface area (Å²) in [5.74, 6) is -0.0420. The third-order valence-electron chi connectivity index (χ3n) is 5.01. The number of fused-ring (bicyclic) bond motifs is 3. The Morgan fingerprint density at radius 2 is 1.57 bits per heavy atom. The number of hydrogen-bond acceptors (Lipinski definition) is 5. The first-order valence-corrected chi connectivity index (χ1v) is 9.57. The molecule has 6 nitrogen and oxygen atoms in total. The highest BCUT2D eigenvalue weighted by molar-refractivity contribution is 5.85. The molecule has 0 bridgehead atoms. The number of hydrogen-bond donors (Lipinski definition) is 1. The summed E-state index contributed by atoms with van der Waals surface area (Å²) >= 11 is 0. The van der Waals surface area contributed by atoms with E-state index in [1.54, 1.807) is 24.3 Å². The molecule has 3 aromatic rings. The zero-order chi connectivity index (χ0) is 20.9. The van der Waals surface area contributed by atoms with Crippen molar-refractivity contribution < 1.29 is 23.8 Å². The van der Waals surface area contributed by atoms with Crippen molar-refractivity contribution in [3.63, 3.8) is 0 Å². The lowest BCUT2D eigenvalue weighted by Gasteiger charge is -2.15. The first-order valence-electron chi connectivity index (χ1n) is 9.57. The van der Waals surface area contributed by atoms with E-state index in [2.05, 4.69) is 34.3 Å². The van der Waals surface area contributed by atoms with Gasteiger partial charge in [0.25, 0.3) is 0 Å².